The Morgan fingerprint density at radius 3 is 2.00 bits per heavy atom. The fraction of sp³-hybridized carbons (Fsp3) is 0.565. The number of hydrogen-bond acceptors (Lipinski definition) is 5. The van der Waals surface area contributed by atoms with Crippen molar-refractivity contribution in [1.29, 1.82) is 0 Å². The van der Waals surface area contributed by atoms with Gasteiger partial charge in [0, 0.05) is 18.7 Å². The number of amides is 2. The van der Waals surface area contributed by atoms with Gasteiger partial charge in [0.2, 0.25) is 5.96 Å². The fourth-order valence-electron chi connectivity index (χ4n) is 2.98. The molecule has 0 aromatic heterocycles. The van der Waals surface area contributed by atoms with Crippen molar-refractivity contribution in [3.63, 3.8) is 0 Å². The third-order valence-electron chi connectivity index (χ3n) is 4.23. The van der Waals surface area contributed by atoms with Crippen LogP contribution in [-0.4, -0.2) is 64.6 Å². The maximum atomic E-state index is 13.1. The molecule has 170 valence electrons. The van der Waals surface area contributed by atoms with Crippen LogP contribution in [0.25, 0.3) is 0 Å². The standard InChI is InChI=1S/C23H33N3O5/c1-22(2,3)30-20(28)24-19(25-14-10-11-15-25)26(21(29)31-23(4,5)6)16-18(27)17-12-8-7-9-13-17/h7-9,12-13H,10-11,14-16H2,1-6H3/b24-19+. The number of Topliss-reactive ketones (excluding diaryl/α,β-unsaturated/α-hetero) is 1. The van der Waals surface area contributed by atoms with Crippen LogP contribution in [0, 0.1) is 0 Å². The fourth-order valence-corrected chi connectivity index (χ4v) is 2.98. The molecule has 1 aromatic carbocycles. The number of guanidine groups is 1. The van der Waals surface area contributed by atoms with E-state index >= 15 is 0 Å². The van der Waals surface area contributed by atoms with Crippen molar-refractivity contribution < 1.29 is 23.9 Å². The van der Waals surface area contributed by atoms with E-state index in [-0.39, 0.29) is 18.3 Å². The minimum atomic E-state index is -0.824. The second-order valence-electron chi connectivity index (χ2n) is 9.44. The van der Waals surface area contributed by atoms with Gasteiger partial charge in [0.15, 0.2) is 5.78 Å². The predicted molar refractivity (Wildman–Crippen MR) is 118 cm³/mol. The first-order valence-electron chi connectivity index (χ1n) is 10.5. The molecule has 0 N–H and O–H groups in total. The summed E-state index contributed by atoms with van der Waals surface area (Å²) in [7, 11) is 0. The third-order valence-corrected chi connectivity index (χ3v) is 4.23. The van der Waals surface area contributed by atoms with E-state index < -0.39 is 23.4 Å². The van der Waals surface area contributed by atoms with Crippen LogP contribution < -0.4 is 0 Å². The van der Waals surface area contributed by atoms with Crippen LogP contribution >= 0.6 is 0 Å². The van der Waals surface area contributed by atoms with Crippen LogP contribution in [0.5, 0.6) is 0 Å². The Kier molecular flexibility index (Phi) is 7.81. The number of aliphatic imine (C=N–C) groups is 1. The van der Waals surface area contributed by atoms with Gasteiger partial charge in [-0.3, -0.25) is 4.79 Å². The summed E-state index contributed by atoms with van der Waals surface area (Å²) in [6.07, 6.45) is 0.214. The summed E-state index contributed by atoms with van der Waals surface area (Å²) >= 11 is 0. The predicted octanol–water partition coefficient (Wildman–Crippen LogP) is 4.49. The number of nitrogens with zero attached hydrogens (tertiary/aromatic N) is 3. The zero-order valence-electron chi connectivity index (χ0n) is 19.3. The van der Waals surface area contributed by atoms with Gasteiger partial charge in [-0.1, -0.05) is 30.3 Å². The van der Waals surface area contributed by atoms with Gasteiger partial charge < -0.3 is 14.4 Å². The van der Waals surface area contributed by atoms with E-state index in [2.05, 4.69) is 4.99 Å². The van der Waals surface area contributed by atoms with E-state index in [1.165, 1.54) is 0 Å². The summed E-state index contributed by atoms with van der Waals surface area (Å²) in [5.41, 5.74) is -1.07. The number of rotatable bonds is 3. The molecule has 8 nitrogen and oxygen atoms in total. The monoisotopic (exact) mass is 431 g/mol. The topological polar surface area (TPSA) is 88.5 Å². The molecule has 1 saturated heterocycles. The number of carbonyl (C=O) groups excluding carboxylic acids is 3. The van der Waals surface area contributed by atoms with E-state index in [0.29, 0.717) is 18.7 Å². The zero-order chi connectivity index (χ0) is 23.2. The van der Waals surface area contributed by atoms with Crippen molar-refractivity contribution >= 4 is 23.9 Å². The highest BCUT2D eigenvalue weighted by molar-refractivity contribution is 6.05. The summed E-state index contributed by atoms with van der Waals surface area (Å²) in [4.78, 5) is 45.5. The zero-order valence-corrected chi connectivity index (χ0v) is 19.3. The van der Waals surface area contributed by atoms with Crippen LogP contribution in [0.2, 0.25) is 0 Å². The number of hydrogen-bond donors (Lipinski definition) is 0. The Morgan fingerprint density at radius 1 is 0.935 bits per heavy atom. The highest BCUT2D eigenvalue weighted by Gasteiger charge is 2.33. The molecule has 1 fully saturated rings. The first kappa shape index (κ1) is 24.4. The Morgan fingerprint density at radius 2 is 1.48 bits per heavy atom. The van der Waals surface area contributed by atoms with E-state index in [0.717, 1.165) is 17.7 Å². The van der Waals surface area contributed by atoms with Crippen molar-refractivity contribution in [1.82, 2.24) is 9.80 Å². The maximum absolute atomic E-state index is 13.1. The lowest BCUT2D eigenvalue weighted by Gasteiger charge is -2.31. The lowest BCUT2D eigenvalue weighted by Crippen LogP contribution is -2.50. The van der Waals surface area contributed by atoms with E-state index in [4.69, 9.17) is 9.47 Å². The molecule has 0 aliphatic carbocycles. The van der Waals surface area contributed by atoms with E-state index in [1.54, 1.807) is 65.8 Å². The smallest absolute Gasteiger partial charge is 0.437 e. The van der Waals surface area contributed by atoms with Gasteiger partial charge in [0.25, 0.3) is 0 Å². The molecule has 1 heterocycles. The van der Waals surface area contributed by atoms with E-state index in [9.17, 15) is 14.4 Å². The average Bonchev–Trinajstić information content (AvgIpc) is 3.16. The minimum Gasteiger partial charge on any atom is -0.443 e. The molecule has 2 amide bonds. The number of carbonyl (C=O) groups is 3. The second kappa shape index (κ2) is 9.94. The molecule has 31 heavy (non-hydrogen) atoms. The number of likely N-dealkylation sites (tertiary alicyclic amines) is 1. The first-order valence-corrected chi connectivity index (χ1v) is 10.5. The van der Waals surface area contributed by atoms with Gasteiger partial charge >= 0.3 is 12.2 Å². The molecule has 1 aromatic rings. The minimum absolute atomic E-state index is 0.0743. The molecule has 2 rings (SSSR count). The van der Waals surface area contributed by atoms with Crippen LogP contribution in [-0.2, 0) is 9.47 Å². The van der Waals surface area contributed by atoms with Crippen LogP contribution in [0.3, 0.4) is 0 Å². The molecule has 0 spiro atoms. The Labute approximate surface area is 184 Å². The van der Waals surface area contributed by atoms with Crippen molar-refractivity contribution in [2.75, 3.05) is 19.6 Å². The maximum Gasteiger partial charge on any atom is 0.437 e. The summed E-state index contributed by atoms with van der Waals surface area (Å²) < 4.78 is 10.9. The lowest BCUT2D eigenvalue weighted by atomic mass is 10.1. The average molecular weight is 432 g/mol. The van der Waals surface area contributed by atoms with Gasteiger partial charge in [-0.25, -0.2) is 14.5 Å². The summed E-state index contributed by atoms with van der Waals surface area (Å²) in [5.74, 6) is -0.215. The van der Waals surface area contributed by atoms with Crippen LogP contribution in [0.1, 0.15) is 64.7 Å². The molecular formula is C23H33N3O5. The number of benzene rings is 1. The normalized spacial score (nSPS) is 14.9. The molecule has 0 radical (unpaired) electrons. The second-order valence-corrected chi connectivity index (χ2v) is 9.44. The van der Waals surface area contributed by atoms with Crippen molar-refractivity contribution in [2.45, 2.75) is 65.6 Å². The third kappa shape index (κ3) is 8.03. The van der Waals surface area contributed by atoms with Gasteiger partial charge in [0.05, 0.1) is 6.54 Å². The van der Waals surface area contributed by atoms with Gasteiger partial charge in [0.1, 0.15) is 11.2 Å². The van der Waals surface area contributed by atoms with Crippen molar-refractivity contribution in [2.24, 2.45) is 4.99 Å². The molecule has 0 saturated carbocycles. The summed E-state index contributed by atoms with van der Waals surface area (Å²) in [6.45, 7) is 11.3. The Balaban J connectivity index is 2.42. The molecule has 1 aliphatic rings. The summed E-state index contributed by atoms with van der Waals surface area (Å²) in [5, 5.41) is 0. The molecule has 0 atom stereocenters. The first-order chi connectivity index (χ1) is 14.4. The Hall–Kier alpha value is -2.90. The van der Waals surface area contributed by atoms with Crippen molar-refractivity contribution in [3.05, 3.63) is 35.9 Å². The molecule has 0 unspecified atom stereocenters. The molecule has 1 aliphatic heterocycles. The molecule has 8 heteroatoms. The van der Waals surface area contributed by atoms with E-state index in [1.807, 2.05) is 11.0 Å². The molecule has 0 bridgehead atoms. The van der Waals surface area contributed by atoms with Crippen LogP contribution in [0.4, 0.5) is 9.59 Å². The highest BCUT2D eigenvalue weighted by atomic mass is 16.6. The largest absolute Gasteiger partial charge is 0.443 e. The lowest BCUT2D eigenvalue weighted by molar-refractivity contribution is 0.0343. The highest BCUT2D eigenvalue weighted by Crippen LogP contribution is 2.17. The summed E-state index contributed by atoms with van der Waals surface area (Å²) in [6, 6.07) is 8.66. The number of ketones is 1. The van der Waals surface area contributed by atoms with Crippen molar-refractivity contribution in [3.8, 4) is 0 Å². The SMILES string of the molecule is CC(C)(C)OC(=O)/N=C(\N1CCCC1)N(CC(=O)c1ccccc1)C(=O)OC(C)(C)C. The van der Waals surface area contributed by atoms with Crippen LogP contribution in [0.15, 0.2) is 35.3 Å². The van der Waals surface area contributed by atoms with Gasteiger partial charge in [-0.2, -0.15) is 0 Å². The Bertz CT molecular complexity index is 816. The van der Waals surface area contributed by atoms with Gasteiger partial charge in [-0.05, 0) is 54.4 Å². The molecular weight excluding hydrogens is 398 g/mol. The van der Waals surface area contributed by atoms with Gasteiger partial charge in [-0.15, -0.1) is 4.99 Å². The quantitative estimate of drug-likeness (QED) is 0.398. The number of ether oxygens (including phenoxy) is 2.